The Morgan fingerprint density at radius 2 is 1.87 bits per heavy atom. The number of carbonyl (C=O) groups is 1. The van der Waals surface area contributed by atoms with Gasteiger partial charge in [-0.3, -0.25) is 10.1 Å². The summed E-state index contributed by atoms with van der Waals surface area (Å²) in [6.45, 7) is 0. The second-order valence-corrected chi connectivity index (χ2v) is 9.76. The lowest BCUT2D eigenvalue weighted by atomic mass is 9.96. The fourth-order valence-electron chi connectivity index (χ4n) is 3.20. The van der Waals surface area contributed by atoms with E-state index in [-0.39, 0.29) is 11.8 Å². The van der Waals surface area contributed by atoms with E-state index in [2.05, 4.69) is 27.9 Å². The molecule has 1 saturated carbocycles. The second-order valence-electron chi connectivity index (χ2n) is 6.86. The van der Waals surface area contributed by atoms with Crippen molar-refractivity contribution in [2.45, 2.75) is 43.0 Å². The van der Waals surface area contributed by atoms with Crippen LogP contribution in [-0.2, 0) is 10.0 Å². The average Bonchev–Trinajstić information content (AvgIpc) is 2.68. The first-order chi connectivity index (χ1) is 14.2. The van der Waals surface area contributed by atoms with Gasteiger partial charge in [0.2, 0.25) is 0 Å². The first-order valence-corrected chi connectivity index (χ1v) is 11.9. The predicted molar refractivity (Wildman–Crippen MR) is 118 cm³/mol. The van der Waals surface area contributed by atoms with Crippen molar-refractivity contribution in [2.24, 2.45) is 0 Å². The van der Waals surface area contributed by atoms with E-state index >= 15 is 0 Å². The molecule has 2 amide bonds. The van der Waals surface area contributed by atoms with Gasteiger partial charge >= 0.3 is 6.03 Å². The van der Waals surface area contributed by atoms with Crippen LogP contribution in [0.5, 0.6) is 11.5 Å². The number of benzene rings is 2. The number of nitrogens with zero attached hydrogens (tertiary/aromatic N) is 1. The average molecular weight is 545 g/mol. The minimum absolute atomic E-state index is 0.0961. The molecule has 0 aromatic heterocycles. The van der Waals surface area contributed by atoms with Gasteiger partial charge < -0.3 is 10.1 Å². The van der Waals surface area contributed by atoms with E-state index in [9.17, 15) is 23.3 Å². The molecule has 2 N–H and O–H groups in total. The van der Waals surface area contributed by atoms with Gasteiger partial charge in [0, 0.05) is 21.7 Å². The molecule has 0 spiro atoms. The lowest BCUT2D eigenvalue weighted by Gasteiger charge is -2.22. The quantitative estimate of drug-likeness (QED) is 0.316. The third kappa shape index (κ3) is 5.81. The van der Waals surface area contributed by atoms with Crippen molar-refractivity contribution in [1.82, 2.24) is 10.0 Å². The molecule has 1 aliphatic rings. The minimum Gasteiger partial charge on any atom is -0.456 e. The first kappa shape index (κ1) is 22.3. The number of halogens is 1. The topological polar surface area (TPSA) is 128 Å². The van der Waals surface area contributed by atoms with Crippen molar-refractivity contribution < 1.29 is 22.9 Å². The van der Waals surface area contributed by atoms with E-state index in [1.165, 1.54) is 6.07 Å². The molecule has 160 valence electrons. The summed E-state index contributed by atoms with van der Waals surface area (Å²) in [6.07, 6.45) is 4.59. The first-order valence-electron chi connectivity index (χ1n) is 9.30. The SMILES string of the molecule is O=C(NC1CCCCC1)NS(=O)(=O)c1cc([N+](=O)[O-])ccc1Oc1cccc(I)c1. The maximum atomic E-state index is 12.9. The molecule has 3 rings (SSSR count). The minimum atomic E-state index is -4.42. The van der Waals surface area contributed by atoms with Gasteiger partial charge in [0.05, 0.1) is 4.92 Å². The molecule has 30 heavy (non-hydrogen) atoms. The Bertz CT molecular complexity index is 1050. The lowest BCUT2D eigenvalue weighted by molar-refractivity contribution is -0.385. The molecular formula is C19H20IN3O6S. The number of sulfonamides is 1. The van der Waals surface area contributed by atoms with Crippen molar-refractivity contribution in [3.05, 3.63) is 56.1 Å². The fourth-order valence-corrected chi connectivity index (χ4v) is 4.78. The van der Waals surface area contributed by atoms with Crippen molar-refractivity contribution in [2.75, 3.05) is 0 Å². The normalized spacial score (nSPS) is 14.7. The number of hydrogen-bond donors (Lipinski definition) is 2. The van der Waals surface area contributed by atoms with Gasteiger partial charge in [-0.15, -0.1) is 0 Å². The number of nitro groups is 1. The molecule has 2 aromatic carbocycles. The van der Waals surface area contributed by atoms with Gasteiger partial charge in [-0.25, -0.2) is 17.9 Å². The van der Waals surface area contributed by atoms with Crippen LogP contribution < -0.4 is 14.8 Å². The van der Waals surface area contributed by atoms with E-state index in [1.54, 1.807) is 18.2 Å². The number of rotatable bonds is 6. The van der Waals surface area contributed by atoms with Crippen molar-refractivity contribution in [3.8, 4) is 11.5 Å². The summed E-state index contributed by atoms with van der Waals surface area (Å²) in [5, 5.41) is 13.8. The predicted octanol–water partition coefficient (Wildman–Crippen LogP) is 4.31. The Labute approximate surface area is 187 Å². The van der Waals surface area contributed by atoms with Crippen LogP contribution >= 0.6 is 22.6 Å². The highest BCUT2D eigenvalue weighted by atomic mass is 127. The van der Waals surface area contributed by atoms with Crippen molar-refractivity contribution >= 4 is 44.3 Å². The summed E-state index contributed by atoms with van der Waals surface area (Å²) < 4.78 is 34.2. The van der Waals surface area contributed by atoms with Crippen LogP contribution in [0.4, 0.5) is 10.5 Å². The van der Waals surface area contributed by atoms with Gasteiger partial charge in [-0.05, 0) is 59.7 Å². The molecule has 0 saturated heterocycles. The molecule has 0 radical (unpaired) electrons. The van der Waals surface area contributed by atoms with E-state index in [0.29, 0.717) is 5.75 Å². The summed E-state index contributed by atoms with van der Waals surface area (Å²) in [7, 11) is -4.42. The van der Waals surface area contributed by atoms with Crippen LogP contribution in [0.1, 0.15) is 32.1 Å². The van der Waals surface area contributed by atoms with Crippen LogP contribution in [0, 0.1) is 13.7 Å². The monoisotopic (exact) mass is 545 g/mol. The van der Waals surface area contributed by atoms with Crippen LogP contribution in [0.15, 0.2) is 47.4 Å². The lowest BCUT2D eigenvalue weighted by Crippen LogP contribution is -2.45. The van der Waals surface area contributed by atoms with Crippen molar-refractivity contribution in [3.63, 3.8) is 0 Å². The van der Waals surface area contributed by atoms with E-state index < -0.39 is 31.6 Å². The van der Waals surface area contributed by atoms with Crippen molar-refractivity contribution in [1.29, 1.82) is 0 Å². The van der Waals surface area contributed by atoms with Gasteiger partial charge in [0.15, 0.2) is 0 Å². The molecule has 0 atom stereocenters. The Balaban J connectivity index is 1.87. The number of non-ortho nitro benzene ring substituents is 1. The Hall–Kier alpha value is -2.41. The zero-order chi connectivity index (χ0) is 21.7. The zero-order valence-corrected chi connectivity index (χ0v) is 18.8. The molecule has 0 unspecified atom stereocenters. The highest BCUT2D eigenvalue weighted by Crippen LogP contribution is 2.32. The molecule has 11 heteroatoms. The molecule has 9 nitrogen and oxygen atoms in total. The second kappa shape index (κ2) is 9.60. The molecule has 1 fully saturated rings. The summed E-state index contributed by atoms with van der Waals surface area (Å²) in [5.74, 6) is 0.236. The summed E-state index contributed by atoms with van der Waals surface area (Å²) in [4.78, 5) is 22.2. The number of amides is 2. The Morgan fingerprint density at radius 1 is 1.13 bits per heavy atom. The fraction of sp³-hybridized carbons (Fsp3) is 0.316. The van der Waals surface area contributed by atoms with E-state index in [4.69, 9.17) is 4.74 Å². The number of carbonyl (C=O) groups excluding carboxylic acids is 1. The molecule has 0 aliphatic heterocycles. The van der Waals surface area contributed by atoms with Crippen LogP contribution in [0.25, 0.3) is 0 Å². The smallest absolute Gasteiger partial charge is 0.328 e. The van der Waals surface area contributed by atoms with E-state index in [1.807, 2.05) is 10.8 Å². The van der Waals surface area contributed by atoms with Gasteiger partial charge in [0.25, 0.3) is 15.7 Å². The molecule has 2 aromatic rings. The summed E-state index contributed by atoms with van der Waals surface area (Å²) >= 11 is 2.08. The standard InChI is InChI=1S/C19H20IN3O6S/c20-13-5-4-8-16(11-13)29-17-10-9-15(23(25)26)12-18(17)30(27,28)22-19(24)21-14-6-2-1-3-7-14/h4-5,8-12,14H,1-3,6-7H2,(H2,21,22,24). The molecule has 0 bridgehead atoms. The number of ether oxygens (including phenoxy) is 1. The van der Waals surface area contributed by atoms with Crippen LogP contribution in [0.3, 0.4) is 0 Å². The molecule has 0 heterocycles. The van der Waals surface area contributed by atoms with Gasteiger partial charge in [0.1, 0.15) is 16.4 Å². The van der Waals surface area contributed by atoms with Crippen LogP contribution in [-0.4, -0.2) is 25.4 Å². The van der Waals surface area contributed by atoms with Crippen LogP contribution in [0.2, 0.25) is 0 Å². The third-order valence-electron chi connectivity index (χ3n) is 4.62. The number of hydrogen-bond acceptors (Lipinski definition) is 6. The van der Waals surface area contributed by atoms with Gasteiger partial charge in [-0.2, -0.15) is 0 Å². The highest BCUT2D eigenvalue weighted by molar-refractivity contribution is 14.1. The Morgan fingerprint density at radius 3 is 2.53 bits per heavy atom. The van der Waals surface area contributed by atoms with E-state index in [0.717, 1.165) is 47.8 Å². The molecular weight excluding hydrogens is 525 g/mol. The zero-order valence-electron chi connectivity index (χ0n) is 15.8. The maximum absolute atomic E-state index is 12.9. The largest absolute Gasteiger partial charge is 0.456 e. The maximum Gasteiger partial charge on any atom is 0.328 e. The summed E-state index contributed by atoms with van der Waals surface area (Å²) in [6, 6.07) is 9.12. The third-order valence-corrected chi connectivity index (χ3v) is 6.64. The number of nitro benzene ring substituents is 1. The van der Waals surface area contributed by atoms with Gasteiger partial charge in [-0.1, -0.05) is 25.3 Å². The molecule has 1 aliphatic carbocycles. The summed E-state index contributed by atoms with van der Waals surface area (Å²) in [5.41, 5.74) is -0.432. The highest BCUT2D eigenvalue weighted by Gasteiger charge is 2.27. The number of urea groups is 1. The Kier molecular flexibility index (Phi) is 7.13. The number of nitrogens with one attached hydrogen (secondary N) is 2.